The molecule has 0 amide bonds. The molecular weight excluding hydrogens is 360 g/mol. The average molecular weight is 385 g/mol. The zero-order chi connectivity index (χ0) is 17.9. The van der Waals surface area contributed by atoms with E-state index < -0.39 is 0 Å². The minimum Gasteiger partial charge on any atom is -0.309 e. The first-order chi connectivity index (χ1) is 12.7. The Morgan fingerprint density at radius 2 is 1.96 bits per heavy atom. The van der Waals surface area contributed by atoms with E-state index in [0.717, 1.165) is 27.4 Å². The van der Waals surface area contributed by atoms with Gasteiger partial charge in [0.2, 0.25) is 0 Å². The van der Waals surface area contributed by atoms with Gasteiger partial charge in [0.1, 0.15) is 10.8 Å². The van der Waals surface area contributed by atoms with Gasteiger partial charge in [-0.3, -0.25) is 0 Å². The van der Waals surface area contributed by atoms with Crippen LogP contribution >= 0.6 is 23.1 Å². The van der Waals surface area contributed by atoms with Crippen molar-refractivity contribution >= 4 is 23.1 Å². The quantitative estimate of drug-likeness (QED) is 0.538. The van der Waals surface area contributed by atoms with Crippen LogP contribution in [0.15, 0.2) is 34.8 Å². The van der Waals surface area contributed by atoms with E-state index in [4.69, 9.17) is 4.98 Å². The van der Waals surface area contributed by atoms with Crippen LogP contribution < -0.4 is 0 Å². The third-order valence-electron chi connectivity index (χ3n) is 5.12. The van der Waals surface area contributed by atoms with E-state index in [0.29, 0.717) is 5.92 Å². The van der Waals surface area contributed by atoms with Gasteiger partial charge in [0, 0.05) is 29.7 Å². The first kappa shape index (κ1) is 17.7. The zero-order valence-electron chi connectivity index (χ0n) is 15.3. The Kier molecular flexibility index (Phi) is 5.41. The highest BCUT2D eigenvalue weighted by Crippen LogP contribution is 2.33. The SMILES string of the molecule is Cc1ccccc1-c1nc(CSc2nnc(C3CCCCC3)n2C)cs1. The summed E-state index contributed by atoms with van der Waals surface area (Å²) in [6, 6.07) is 8.42. The lowest BCUT2D eigenvalue weighted by molar-refractivity contribution is 0.418. The molecule has 4 nitrogen and oxygen atoms in total. The Balaban J connectivity index is 1.43. The Hall–Kier alpha value is -1.66. The van der Waals surface area contributed by atoms with Crippen LogP contribution in [0.1, 0.15) is 55.1 Å². The van der Waals surface area contributed by atoms with Crippen LogP contribution in [0, 0.1) is 6.92 Å². The maximum atomic E-state index is 4.82. The van der Waals surface area contributed by atoms with Crippen molar-refractivity contribution in [3.8, 4) is 10.6 Å². The van der Waals surface area contributed by atoms with Gasteiger partial charge in [-0.05, 0) is 25.3 Å². The van der Waals surface area contributed by atoms with Crippen molar-refractivity contribution in [2.45, 2.75) is 55.9 Å². The van der Waals surface area contributed by atoms with Crippen LogP contribution in [-0.2, 0) is 12.8 Å². The number of rotatable bonds is 5. The molecule has 136 valence electrons. The van der Waals surface area contributed by atoms with Gasteiger partial charge in [0.05, 0.1) is 5.69 Å². The molecule has 0 radical (unpaired) electrons. The first-order valence-corrected chi connectivity index (χ1v) is 11.1. The monoisotopic (exact) mass is 384 g/mol. The van der Waals surface area contributed by atoms with E-state index in [9.17, 15) is 0 Å². The van der Waals surface area contributed by atoms with E-state index in [1.807, 2.05) is 0 Å². The molecule has 0 spiro atoms. The molecule has 4 rings (SSSR count). The summed E-state index contributed by atoms with van der Waals surface area (Å²) in [5, 5.41) is 13.2. The zero-order valence-corrected chi connectivity index (χ0v) is 16.9. The van der Waals surface area contributed by atoms with Crippen molar-refractivity contribution in [3.05, 3.63) is 46.7 Å². The first-order valence-electron chi connectivity index (χ1n) is 9.25. The van der Waals surface area contributed by atoms with Crippen LogP contribution in [0.25, 0.3) is 10.6 Å². The summed E-state index contributed by atoms with van der Waals surface area (Å²) in [6.45, 7) is 2.14. The highest BCUT2D eigenvalue weighted by molar-refractivity contribution is 7.98. The lowest BCUT2D eigenvalue weighted by Gasteiger charge is -2.20. The Labute approximate surface area is 163 Å². The Morgan fingerprint density at radius 3 is 2.77 bits per heavy atom. The van der Waals surface area contributed by atoms with Crippen molar-refractivity contribution in [2.24, 2.45) is 7.05 Å². The molecule has 2 heterocycles. The number of hydrogen-bond acceptors (Lipinski definition) is 5. The van der Waals surface area contributed by atoms with E-state index in [1.54, 1.807) is 23.1 Å². The van der Waals surface area contributed by atoms with Gasteiger partial charge in [-0.1, -0.05) is 55.3 Å². The Morgan fingerprint density at radius 1 is 1.15 bits per heavy atom. The van der Waals surface area contributed by atoms with Crippen LogP contribution in [0.3, 0.4) is 0 Å². The fraction of sp³-hybridized carbons (Fsp3) is 0.450. The molecule has 1 fully saturated rings. The van der Waals surface area contributed by atoms with Gasteiger partial charge in [-0.2, -0.15) is 0 Å². The summed E-state index contributed by atoms with van der Waals surface area (Å²) < 4.78 is 2.19. The molecule has 0 bridgehead atoms. The average Bonchev–Trinajstić information content (AvgIpc) is 3.28. The number of aryl methyl sites for hydroxylation is 1. The second-order valence-corrected chi connectivity index (χ2v) is 8.78. The lowest BCUT2D eigenvalue weighted by Crippen LogP contribution is -2.10. The number of nitrogens with zero attached hydrogens (tertiary/aromatic N) is 4. The van der Waals surface area contributed by atoms with Crippen molar-refractivity contribution in [3.63, 3.8) is 0 Å². The summed E-state index contributed by atoms with van der Waals surface area (Å²) in [4.78, 5) is 4.82. The molecule has 3 aromatic rings. The molecule has 1 aliphatic carbocycles. The van der Waals surface area contributed by atoms with Crippen LogP contribution in [0.4, 0.5) is 0 Å². The molecule has 1 saturated carbocycles. The molecule has 0 N–H and O–H groups in total. The lowest BCUT2D eigenvalue weighted by atomic mass is 9.89. The molecule has 1 aromatic carbocycles. The molecule has 26 heavy (non-hydrogen) atoms. The molecule has 2 aromatic heterocycles. The van der Waals surface area contributed by atoms with Gasteiger partial charge >= 0.3 is 0 Å². The molecular formula is C20H24N4S2. The van der Waals surface area contributed by atoms with Crippen LogP contribution in [0.2, 0.25) is 0 Å². The van der Waals surface area contributed by atoms with Crippen LogP contribution in [-0.4, -0.2) is 19.7 Å². The predicted molar refractivity (Wildman–Crippen MR) is 109 cm³/mol. The van der Waals surface area contributed by atoms with E-state index in [1.165, 1.54) is 43.2 Å². The van der Waals surface area contributed by atoms with Gasteiger partial charge in [-0.25, -0.2) is 4.98 Å². The predicted octanol–water partition coefficient (Wildman–Crippen LogP) is 5.59. The summed E-state index contributed by atoms with van der Waals surface area (Å²) in [5.41, 5.74) is 3.61. The minimum atomic E-state index is 0.586. The second-order valence-electron chi connectivity index (χ2n) is 6.98. The molecule has 1 aliphatic rings. The standard InChI is InChI=1S/C20H24N4S2/c1-14-8-6-7-11-17(14)19-21-16(12-25-19)13-26-20-23-22-18(24(20)2)15-9-4-3-5-10-15/h6-8,11-12,15H,3-5,9-10,13H2,1-2H3. The van der Waals surface area contributed by atoms with Gasteiger partial charge in [0.25, 0.3) is 0 Å². The van der Waals surface area contributed by atoms with E-state index in [2.05, 4.69) is 58.4 Å². The third kappa shape index (κ3) is 3.71. The highest BCUT2D eigenvalue weighted by atomic mass is 32.2. The van der Waals surface area contributed by atoms with E-state index >= 15 is 0 Å². The number of thioether (sulfide) groups is 1. The maximum Gasteiger partial charge on any atom is 0.191 e. The summed E-state index contributed by atoms with van der Waals surface area (Å²) in [7, 11) is 2.10. The fourth-order valence-corrected chi connectivity index (χ4v) is 5.44. The molecule has 6 heteroatoms. The van der Waals surface area contributed by atoms with Crippen molar-refractivity contribution in [1.29, 1.82) is 0 Å². The smallest absolute Gasteiger partial charge is 0.191 e. The van der Waals surface area contributed by atoms with Gasteiger partial charge in [-0.15, -0.1) is 21.5 Å². The Bertz CT molecular complexity index is 878. The van der Waals surface area contributed by atoms with Crippen molar-refractivity contribution in [1.82, 2.24) is 19.7 Å². The molecule has 0 saturated heterocycles. The van der Waals surface area contributed by atoms with E-state index in [-0.39, 0.29) is 0 Å². The van der Waals surface area contributed by atoms with Crippen molar-refractivity contribution in [2.75, 3.05) is 0 Å². The topological polar surface area (TPSA) is 43.6 Å². The highest BCUT2D eigenvalue weighted by Gasteiger charge is 2.22. The van der Waals surface area contributed by atoms with Gasteiger partial charge < -0.3 is 4.57 Å². The molecule has 0 unspecified atom stereocenters. The summed E-state index contributed by atoms with van der Waals surface area (Å²) in [5.74, 6) is 2.58. The molecule has 0 atom stereocenters. The number of hydrogen-bond donors (Lipinski definition) is 0. The molecule has 0 aliphatic heterocycles. The maximum absolute atomic E-state index is 4.82. The van der Waals surface area contributed by atoms with Crippen molar-refractivity contribution < 1.29 is 0 Å². The number of benzene rings is 1. The minimum absolute atomic E-state index is 0.586. The number of thiazole rings is 1. The number of aromatic nitrogens is 4. The second kappa shape index (κ2) is 7.92. The fourth-order valence-electron chi connectivity index (χ4n) is 3.62. The van der Waals surface area contributed by atoms with Crippen LogP contribution in [0.5, 0.6) is 0 Å². The summed E-state index contributed by atoms with van der Waals surface area (Å²) >= 11 is 3.45. The summed E-state index contributed by atoms with van der Waals surface area (Å²) in [6.07, 6.45) is 6.51. The normalized spacial score (nSPS) is 15.5. The third-order valence-corrected chi connectivity index (χ3v) is 7.09. The van der Waals surface area contributed by atoms with Gasteiger partial charge in [0.15, 0.2) is 5.16 Å². The largest absolute Gasteiger partial charge is 0.309 e.